The number of methoxy groups -OCH3 is 1. The van der Waals surface area contributed by atoms with Crippen molar-refractivity contribution >= 4 is 5.91 Å². The number of nitrogens with one attached hydrogen (secondary N) is 1. The van der Waals surface area contributed by atoms with E-state index in [1.54, 1.807) is 14.0 Å². The predicted octanol–water partition coefficient (Wildman–Crippen LogP) is 1.12. The monoisotopic (exact) mass is 358 g/mol. The molecule has 3 rings (SSSR count). The summed E-state index contributed by atoms with van der Waals surface area (Å²) in [6.45, 7) is 4.82. The lowest BCUT2D eigenvalue weighted by molar-refractivity contribution is -0.122. The number of hydrogen-bond acceptors (Lipinski definition) is 5. The summed E-state index contributed by atoms with van der Waals surface area (Å²) in [6, 6.07) is 9.76. The second-order valence-corrected chi connectivity index (χ2v) is 6.58. The molecule has 26 heavy (non-hydrogen) atoms. The molecule has 0 aliphatic carbocycles. The topological polar surface area (TPSA) is 79.6 Å². The van der Waals surface area contributed by atoms with E-state index in [2.05, 4.69) is 15.3 Å². The summed E-state index contributed by atoms with van der Waals surface area (Å²) in [6.07, 6.45) is 0.167. The van der Waals surface area contributed by atoms with E-state index in [4.69, 9.17) is 4.74 Å². The average molecular weight is 358 g/mol. The summed E-state index contributed by atoms with van der Waals surface area (Å²) in [4.78, 5) is 14.3. The summed E-state index contributed by atoms with van der Waals surface area (Å²) in [5, 5.41) is 17.0. The number of para-hydroxylation sites is 1. The van der Waals surface area contributed by atoms with Crippen LogP contribution in [0.4, 0.5) is 0 Å². The summed E-state index contributed by atoms with van der Waals surface area (Å²) in [5.41, 5.74) is 2.81. The molecule has 2 N–H and O–H groups in total. The Bertz CT molecular complexity index is 757. The zero-order valence-electron chi connectivity index (χ0n) is 15.3. The van der Waals surface area contributed by atoms with Crippen LogP contribution in [0.15, 0.2) is 30.3 Å². The number of aliphatic hydroxyl groups excluding tert-OH is 1. The Kier molecular flexibility index (Phi) is 5.90. The molecule has 0 radical (unpaired) electrons. The minimum absolute atomic E-state index is 0.0172. The molecule has 1 aromatic carbocycles. The van der Waals surface area contributed by atoms with Gasteiger partial charge in [-0.1, -0.05) is 18.2 Å². The number of fused-ring (bicyclic) bond motifs is 1. The van der Waals surface area contributed by atoms with Crippen LogP contribution in [0.1, 0.15) is 30.0 Å². The van der Waals surface area contributed by atoms with Crippen molar-refractivity contribution in [3.8, 4) is 5.75 Å². The number of hydrogen-bond donors (Lipinski definition) is 2. The van der Waals surface area contributed by atoms with Crippen LogP contribution in [-0.4, -0.2) is 52.4 Å². The molecule has 0 saturated carbocycles. The van der Waals surface area contributed by atoms with Crippen molar-refractivity contribution in [1.82, 2.24) is 20.0 Å². The van der Waals surface area contributed by atoms with Gasteiger partial charge in [-0.3, -0.25) is 14.4 Å². The van der Waals surface area contributed by atoms with Gasteiger partial charge in [-0.05, 0) is 31.0 Å². The van der Waals surface area contributed by atoms with E-state index in [1.165, 1.54) is 0 Å². The van der Waals surface area contributed by atoms with Crippen molar-refractivity contribution in [1.29, 1.82) is 0 Å². The van der Waals surface area contributed by atoms with Crippen molar-refractivity contribution in [3.05, 3.63) is 47.3 Å². The molecule has 140 valence electrons. The van der Waals surface area contributed by atoms with Crippen molar-refractivity contribution in [2.24, 2.45) is 0 Å². The van der Waals surface area contributed by atoms with Gasteiger partial charge in [-0.2, -0.15) is 5.10 Å². The quantitative estimate of drug-likeness (QED) is 0.775. The number of amides is 1. The van der Waals surface area contributed by atoms with Crippen LogP contribution in [0.25, 0.3) is 0 Å². The average Bonchev–Trinajstić information content (AvgIpc) is 3.06. The summed E-state index contributed by atoms with van der Waals surface area (Å²) < 4.78 is 7.24. The van der Waals surface area contributed by atoms with Crippen LogP contribution in [0, 0.1) is 0 Å². The number of benzene rings is 1. The summed E-state index contributed by atoms with van der Waals surface area (Å²) >= 11 is 0. The lowest BCUT2D eigenvalue weighted by atomic mass is 10.1. The number of rotatable bonds is 7. The van der Waals surface area contributed by atoms with Crippen LogP contribution < -0.4 is 10.1 Å². The Balaban J connectivity index is 1.46. The van der Waals surface area contributed by atoms with Gasteiger partial charge in [0.1, 0.15) is 5.75 Å². The van der Waals surface area contributed by atoms with Crippen molar-refractivity contribution in [2.75, 3.05) is 26.7 Å². The lowest BCUT2D eigenvalue weighted by Gasteiger charge is -2.26. The van der Waals surface area contributed by atoms with Gasteiger partial charge in [0.05, 0.1) is 37.7 Å². The van der Waals surface area contributed by atoms with E-state index in [-0.39, 0.29) is 5.91 Å². The lowest BCUT2D eigenvalue weighted by Crippen LogP contribution is -2.41. The van der Waals surface area contributed by atoms with Gasteiger partial charge in [0.25, 0.3) is 0 Å². The van der Waals surface area contributed by atoms with E-state index in [1.807, 2.05) is 35.0 Å². The number of aromatic nitrogens is 2. The van der Waals surface area contributed by atoms with E-state index in [9.17, 15) is 9.90 Å². The molecular formula is C19H26N4O3. The third-order valence-corrected chi connectivity index (χ3v) is 4.60. The Morgan fingerprint density at radius 2 is 2.19 bits per heavy atom. The van der Waals surface area contributed by atoms with Crippen molar-refractivity contribution < 1.29 is 14.6 Å². The van der Waals surface area contributed by atoms with Crippen LogP contribution in [-0.2, 0) is 24.3 Å². The van der Waals surface area contributed by atoms with Gasteiger partial charge in [-0.15, -0.1) is 0 Å². The maximum Gasteiger partial charge on any atom is 0.234 e. The zero-order valence-corrected chi connectivity index (χ0v) is 15.3. The molecule has 1 aliphatic heterocycles. The maximum absolute atomic E-state index is 12.2. The number of ether oxygens (including phenoxy) is 1. The Hall–Kier alpha value is -2.38. The molecule has 1 unspecified atom stereocenters. The predicted molar refractivity (Wildman–Crippen MR) is 97.8 cm³/mol. The summed E-state index contributed by atoms with van der Waals surface area (Å²) in [5.74, 6) is 0.864. The molecular weight excluding hydrogens is 332 g/mol. The number of carbonyl (C=O) groups excluding carboxylic acids is 1. The first-order valence-electron chi connectivity index (χ1n) is 8.92. The molecule has 0 spiro atoms. The van der Waals surface area contributed by atoms with E-state index in [0.717, 1.165) is 36.5 Å². The molecule has 7 heteroatoms. The standard InChI is InChI=1S/C19H26N4O3/c1-14(24)17-11-16-12-22(9-10-23(16)21-17)13-19(25)20-8-7-15-5-3-4-6-18(15)26-2/h3-6,11,14,24H,7-10,12-13H2,1-2H3,(H,20,25). The molecule has 2 aromatic rings. The Labute approximate surface area is 153 Å². The first kappa shape index (κ1) is 18.4. The highest BCUT2D eigenvalue weighted by Gasteiger charge is 2.21. The van der Waals surface area contributed by atoms with Crippen LogP contribution in [0.5, 0.6) is 5.75 Å². The molecule has 1 atom stereocenters. The zero-order chi connectivity index (χ0) is 18.5. The highest BCUT2D eigenvalue weighted by atomic mass is 16.5. The summed E-state index contributed by atoms with van der Waals surface area (Å²) in [7, 11) is 1.65. The van der Waals surface area contributed by atoms with Gasteiger partial charge >= 0.3 is 0 Å². The van der Waals surface area contributed by atoms with Gasteiger partial charge in [0.15, 0.2) is 0 Å². The number of nitrogens with zero attached hydrogens (tertiary/aromatic N) is 3. The normalized spacial score (nSPS) is 15.3. The maximum atomic E-state index is 12.2. The van der Waals surface area contributed by atoms with E-state index >= 15 is 0 Å². The number of carbonyl (C=O) groups is 1. The molecule has 7 nitrogen and oxygen atoms in total. The smallest absolute Gasteiger partial charge is 0.234 e. The van der Waals surface area contributed by atoms with Crippen molar-refractivity contribution in [3.63, 3.8) is 0 Å². The highest BCUT2D eigenvalue weighted by Crippen LogP contribution is 2.18. The second-order valence-electron chi connectivity index (χ2n) is 6.58. The molecule has 0 saturated heterocycles. The third kappa shape index (κ3) is 4.42. The molecule has 1 amide bonds. The fraction of sp³-hybridized carbons (Fsp3) is 0.474. The molecule has 1 aromatic heterocycles. The van der Waals surface area contributed by atoms with Gasteiger partial charge in [-0.25, -0.2) is 0 Å². The van der Waals surface area contributed by atoms with Gasteiger partial charge < -0.3 is 15.2 Å². The van der Waals surface area contributed by atoms with Crippen LogP contribution >= 0.6 is 0 Å². The SMILES string of the molecule is COc1ccccc1CCNC(=O)CN1CCn2nc(C(C)O)cc2C1. The molecule has 0 fully saturated rings. The van der Waals surface area contributed by atoms with Crippen LogP contribution in [0.3, 0.4) is 0 Å². The first-order chi connectivity index (χ1) is 12.6. The molecule has 1 aliphatic rings. The largest absolute Gasteiger partial charge is 0.496 e. The Morgan fingerprint density at radius 3 is 2.96 bits per heavy atom. The number of aliphatic hydroxyl groups is 1. The van der Waals surface area contributed by atoms with Gasteiger partial charge in [0, 0.05) is 19.6 Å². The second kappa shape index (κ2) is 8.33. The third-order valence-electron chi connectivity index (χ3n) is 4.60. The van der Waals surface area contributed by atoms with E-state index < -0.39 is 6.10 Å². The highest BCUT2D eigenvalue weighted by molar-refractivity contribution is 5.78. The Morgan fingerprint density at radius 1 is 1.38 bits per heavy atom. The minimum atomic E-state index is -0.570. The van der Waals surface area contributed by atoms with Gasteiger partial charge in [0.2, 0.25) is 5.91 Å². The first-order valence-corrected chi connectivity index (χ1v) is 8.92. The fourth-order valence-corrected chi connectivity index (χ4v) is 3.19. The van der Waals surface area contributed by atoms with Crippen molar-refractivity contribution in [2.45, 2.75) is 32.5 Å². The molecule has 2 heterocycles. The van der Waals surface area contributed by atoms with Crippen LogP contribution in [0.2, 0.25) is 0 Å². The molecule has 0 bridgehead atoms. The minimum Gasteiger partial charge on any atom is -0.496 e. The van der Waals surface area contributed by atoms with E-state index in [0.29, 0.717) is 25.3 Å². The fourth-order valence-electron chi connectivity index (χ4n) is 3.19.